The Morgan fingerprint density at radius 2 is 1.79 bits per heavy atom. The molecule has 0 unspecified atom stereocenters. The van der Waals surface area contributed by atoms with Gasteiger partial charge in [0.1, 0.15) is 12.5 Å². The Balaban J connectivity index is 2.64. The average molecular weight is 275 g/mol. The summed E-state index contributed by atoms with van der Waals surface area (Å²) in [6.45, 7) is 0. The van der Waals surface area contributed by atoms with E-state index in [0.29, 0.717) is 5.56 Å². The molecule has 0 aliphatic carbocycles. The van der Waals surface area contributed by atoms with Crippen LogP contribution in [0.2, 0.25) is 0 Å². The molecule has 0 saturated heterocycles. The molecule has 1 aromatic carbocycles. The fourth-order valence-corrected chi connectivity index (χ4v) is 1.48. The molecule has 0 aliphatic rings. The molecule has 2 N–H and O–H groups in total. The summed E-state index contributed by atoms with van der Waals surface area (Å²) in [5.74, 6) is -2.73. The second-order valence-corrected chi connectivity index (χ2v) is 3.94. The van der Waals surface area contributed by atoms with Crippen molar-refractivity contribution < 1.29 is 27.9 Å². The Morgan fingerprint density at radius 1 is 1.21 bits per heavy atom. The van der Waals surface area contributed by atoms with E-state index in [1.807, 2.05) is 5.32 Å². The van der Waals surface area contributed by atoms with Gasteiger partial charge in [0.05, 0.1) is 0 Å². The Morgan fingerprint density at radius 3 is 2.26 bits per heavy atom. The molecule has 7 heteroatoms. The van der Waals surface area contributed by atoms with Gasteiger partial charge in [0.15, 0.2) is 0 Å². The topological polar surface area (TPSA) is 66.4 Å². The third kappa shape index (κ3) is 5.89. The molecule has 19 heavy (non-hydrogen) atoms. The quantitative estimate of drug-likeness (QED) is 0.860. The van der Waals surface area contributed by atoms with Crippen molar-refractivity contribution in [3.05, 3.63) is 35.9 Å². The number of halogens is 3. The second kappa shape index (κ2) is 6.21. The highest BCUT2D eigenvalue weighted by Crippen LogP contribution is 2.19. The van der Waals surface area contributed by atoms with Crippen molar-refractivity contribution >= 4 is 11.9 Å². The summed E-state index contributed by atoms with van der Waals surface area (Å²) in [7, 11) is 0. The molecule has 0 bridgehead atoms. The number of benzene rings is 1. The first-order chi connectivity index (χ1) is 8.78. The predicted molar refractivity (Wildman–Crippen MR) is 60.4 cm³/mol. The van der Waals surface area contributed by atoms with Gasteiger partial charge in [-0.2, -0.15) is 13.2 Å². The molecule has 4 nitrogen and oxygen atoms in total. The maximum atomic E-state index is 12.0. The van der Waals surface area contributed by atoms with E-state index in [9.17, 15) is 22.8 Å². The van der Waals surface area contributed by atoms with Crippen molar-refractivity contribution in [3.63, 3.8) is 0 Å². The van der Waals surface area contributed by atoms with E-state index >= 15 is 0 Å². The molecule has 0 saturated carbocycles. The first-order valence-corrected chi connectivity index (χ1v) is 5.41. The zero-order chi connectivity index (χ0) is 14.5. The Labute approximate surface area is 107 Å². The number of aliphatic carboxylic acids is 1. The van der Waals surface area contributed by atoms with Gasteiger partial charge in [-0.3, -0.25) is 4.79 Å². The van der Waals surface area contributed by atoms with Crippen LogP contribution in [-0.2, 0) is 16.0 Å². The van der Waals surface area contributed by atoms with Crippen LogP contribution >= 0.6 is 0 Å². The molecule has 0 heterocycles. The molecule has 1 atom stereocenters. The minimum absolute atomic E-state index is 0.0697. The Kier molecular flexibility index (Phi) is 4.91. The number of carbonyl (C=O) groups excluding carboxylic acids is 1. The zero-order valence-electron chi connectivity index (χ0n) is 9.78. The lowest BCUT2D eigenvalue weighted by Gasteiger charge is -2.15. The van der Waals surface area contributed by atoms with Gasteiger partial charge in [-0.05, 0) is 5.56 Å². The number of carboxylic acids is 1. The van der Waals surface area contributed by atoms with Crippen LogP contribution in [0.25, 0.3) is 0 Å². The third-order valence-electron chi connectivity index (χ3n) is 2.28. The van der Waals surface area contributed by atoms with Crippen molar-refractivity contribution in [2.24, 2.45) is 0 Å². The monoisotopic (exact) mass is 275 g/mol. The Hall–Kier alpha value is -2.05. The summed E-state index contributed by atoms with van der Waals surface area (Å²) in [4.78, 5) is 22.0. The lowest BCUT2D eigenvalue weighted by Crippen LogP contribution is -2.43. The number of amides is 1. The predicted octanol–water partition coefficient (Wildman–Crippen LogP) is 1.75. The molecule has 0 aliphatic heterocycles. The lowest BCUT2D eigenvalue weighted by atomic mass is 10.1. The van der Waals surface area contributed by atoms with E-state index in [1.165, 1.54) is 0 Å². The summed E-state index contributed by atoms with van der Waals surface area (Å²) in [5, 5.41) is 10.7. The molecule has 1 aromatic rings. The number of hydrogen-bond acceptors (Lipinski definition) is 2. The van der Waals surface area contributed by atoms with Gasteiger partial charge in [0, 0.05) is 6.42 Å². The van der Waals surface area contributed by atoms with Crippen LogP contribution in [0.4, 0.5) is 13.2 Å². The molecule has 0 fully saturated rings. The van der Waals surface area contributed by atoms with E-state index in [-0.39, 0.29) is 6.42 Å². The highest BCUT2D eigenvalue weighted by Gasteiger charge is 2.33. The molecular weight excluding hydrogens is 263 g/mol. The van der Waals surface area contributed by atoms with E-state index < -0.39 is 30.5 Å². The van der Waals surface area contributed by atoms with E-state index in [4.69, 9.17) is 5.11 Å². The van der Waals surface area contributed by atoms with E-state index in [2.05, 4.69) is 0 Å². The number of nitrogens with one attached hydrogen (secondary N) is 1. The fourth-order valence-electron chi connectivity index (χ4n) is 1.48. The highest BCUT2D eigenvalue weighted by atomic mass is 19.4. The molecule has 0 spiro atoms. The van der Waals surface area contributed by atoms with Crippen LogP contribution in [0.5, 0.6) is 0 Å². The van der Waals surface area contributed by atoms with Gasteiger partial charge in [-0.1, -0.05) is 30.3 Å². The van der Waals surface area contributed by atoms with Crippen LogP contribution in [0.1, 0.15) is 12.0 Å². The number of rotatable bonds is 5. The van der Waals surface area contributed by atoms with E-state index in [0.717, 1.165) is 0 Å². The van der Waals surface area contributed by atoms with Crippen molar-refractivity contribution in [1.29, 1.82) is 0 Å². The molecule has 0 aromatic heterocycles. The SMILES string of the molecule is O=C(CC(F)(F)F)N[C@@H](Cc1ccccc1)C(=O)O. The molecule has 0 radical (unpaired) electrons. The van der Waals surface area contributed by atoms with Crippen LogP contribution < -0.4 is 5.32 Å². The molecule has 1 amide bonds. The summed E-state index contributed by atoms with van der Waals surface area (Å²) in [5.41, 5.74) is 0.613. The molecule has 1 rings (SSSR count). The van der Waals surface area contributed by atoms with Gasteiger partial charge < -0.3 is 10.4 Å². The van der Waals surface area contributed by atoms with Crippen molar-refractivity contribution in [1.82, 2.24) is 5.32 Å². The Bertz CT molecular complexity index is 445. The first kappa shape index (κ1) is 15.0. The summed E-state index contributed by atoms with van der Waals surface area (Å²) in [6.07, 6.45) is -6.41. The summed E-state index contributed by atoms with van der Waals surface area (Å²) in [6, 6.07) is 6.95. The van der Waals surface area contributed by atoms with Crippen LogP contribution in [0.15, 0.2) is 30.3 Å². The van der Waals surface area contributed by atoms with Crippen LogP contribution in [0, 0.1) is 0 Å². The molecule has 104 valence electrons. The summed E-state index contributed by atoms with van der Waals surface area (Å²) < 4.78 is 35.9. The van der Waals surface area contributed by atoms with Crippen molar-refractivity contribution in [3.8, 4) is 0 Å². The minimum atomic E-state index is -4.65. The van der Waals surface area contributed by atoms with Gasteiger partial charge in [0.2, 0.25) is 5.91 Å². The van der Waals surface area contributed by atoms with E-state index in [1.54, 1.807) is 30.3 Å². The third-order valence-corrected chi connectivity index (χ3v) is 2.28. The standard InChI is InChI=1S/C12H12F3NO3/c13-12(14,15)7-10(17)16-9(11(18)19)6-8-4-2-1-3-5-8/h1-5,9H,6-7H2,(H,16,17)(H,18,19)/t9-/m0/s1. The zero-order valence-corrected chi connectivity index (χ0v) is 9.78. The van der Waals surface area contributed by atoms with Gasteiger partial charge in [-0.15, -0.1) is 0 Å². The second-order valence-electron chi connectivity index (χ2n) is 3.94. The van der Waals surface area contributed by atoms with Crippen LogP contribution in [0.3, 0.4) is 0 Å². The van der Waals surface area contributed by atoms with Gasteiger partial charge >= 0.3 is 12.1 Å². The largest absolute Gasteiger partial charge is 0.480 e. The van der Waals surface area contributed by atoms with Crippen molar-refractivity contribution in [2.45, 2.75) is 25.1 Å². The fraction of sp³-hybridized carbons (Fsp3) is 0.333. The van der Waals surface area contributed by atoms with Gasteiger partial charge in [-0.25, -0.2) is 4.79 Å². The maximum Gasteiger partial charge on any atom is 0.397 e. The minimum Gasteiger partial charge on any atom is -0.480 e. The number of carbonyl (C=O) groups is 2. The smallest absolute Gasteiger partial charge is 0.397 e. The number of hydrogen-bond donors (Lipinski definition) is 2. The number of carboxylic acid groups (broad SMARTS) is 1. The lowest BCUT2D eigenvalue weighted by molar-refractivity contribution is -0.156. The molecular formula is C12H12F3NO3. The number of alkyl halides is 3. The first-order valence-electron chi connectivity index (χ1n) is 5.41. The average Bonchev–Trinajstić information content (AvgIpc) is 2.26. The maximum absolute atomic E-state index is 12.0. The highest BCUT2D eigenvalue weighted by molar-refractivity contribution is 5.84. The van der Waals surface area contributed by atoms with Crippen molar-refractivity contribution in [2.75, 3.05) is 0 Å². The summed E-state index contributed by atoms with van der Waals surface area (Å²) >= 11 is 0. The van der Waals surface area contributed by atoms with Gasteiger partial charge in [0.25, 0.3) is 0 Å². The van der Waals surface area contributed by atoms with Crippen LogP contribution in [-0.4, -0.2) is 29.2 Å². The normalized spacial score (nSPS) is 12.8.